The van der Waals surface area contributed by atoms with E-state index >= 15 is 0 Å². The van der Waals surface area contributed by atoms with Gasteiger partial charge in [0.2, 0.25) is 0 Å². The summed E-state index contributed by atoms with van der Waals surface area (Å²) in [6, 6.07) is 84.4. The number of aliphatic hydroxyl groups is 2. The van der Waals surface area contributed by atoms with Gasteiger partial charge in [0, 0.05) is 94.6 Å². The second-order valence-electron chi connectivity index (χ2n) is 39.8. The summed E-state index contributed by atoms with van der Waals surface area (Å²) < 4.78 is 15.2. The van der Waals surface area contributed by atoms with Crippen LogP contribution in [0.1, 0.15) is 328 Å². The van der Waals surface area contributed by atoms with E-state index in [0.717, 1.165) is 89.8 Å². The monoisotopic (exact) mass is 1850 g/mol. The Hall–Kier alpha value is -10.5. The fourth-order valence-corrected chi connectivity index (χ4v) is 20.9. The molecule has 0 spiro atoms. The third kappa shape index (κ3) is 20.7. The largest absolute Gasteiger partial charge is 0.582 e. The normalized spacial score (nSPS) is 11.9. The number of hydrogen-bond donors (Lipinski definition) is 2. The maximum absolute atomic E-state index is 12.9. The van der Waals surface area contributed by atoms with Crippen LogP contribution < -0.4 is 0 Å². The summed E-state index contributed by atoms with van der Waals surface area (Å²) >= 11 is 3.17. The number of aromatic hydroxyl groups is 4. The predicted octanol–water partition coefficient (Wildman–Crippen LogP) is 36.6. The Morgan fingerprint density at radius 2 is 0.489 bits per heavy atom. The van der Waals surface area contributed by atoms with Gasteiger partial charge < -0.3 is 19.7 Å². The Kier molecular flexibility index (Phi) is 31.5. The number of aromatic nitrogens is 2. The quantitative estimate of drug-likeness (QED) is 0.0306. The van der Waals surface area contributed by atoms with Crippen LogP contribution in [-0.4, -0.2) is 42.0 Å². The van der Waals surface area contributed by atoms with Crippen molar-refractivity contribution < 1.29 is 45.9 Å². The van der Waals surface area contributed by atoms with E-state index in [2.05, 4.69) is 358 Å². The molecule has 0 amide bonds. The van der Waals surface area contributed by atoms with Crippen LogP contribution in [0.2, 0.25) is 0 Å². The first-order chi connectivity index (χ1) is 62.1. The Labute approximate surface area is 810 Å². The average molecular weight is 1850 g/mol. The Morgan fingerprint density at radius 1 is 0.267 bits per heavy atom. The zero-order valence-corrected chi connectivity index (χ0v) is 86.4. The van der Waals surface area contributed by atoms with Crippen molar-refractivity contribution >= 4 is 66.3 Å². The van der Waals surface area contributed by atoms with Gasteiger partial charge in [-0.15, -0.1) is 46.9 Å². The summed E-state index contributed by atoms with van der Waals surface area (Å²) in [4.78, 5) is 0. The molecule has 4 heterocycles. The number of fused-ring (bicyclic) bond motifs is 6. The minimum Gasteiger partial charge on any atom is -0.582 e. The van der Waals surface area contributed by atoms with E-state index in [9.17, 15) is 10.2 Å². The molecular formula is C122H140N2O4S2Zr. The molecule has 131 heavy (non-hydrogen) atoms. The molecule has 678 valence electrons. The van der Waals surface area contributed by atoms with Gasteiger partial charge in [-0.2, -0.15) is 49.2 Å². The van der Waals surface area contributed by atoms with Crippen molar-refractivity contribution in [1.82, 2.24) is 9.13 Å². The van der Waals surface area contributed by atoms with E-state index < -0.39 is 0 Å². The van der Waals surface area contributed by atoms with Crippen LogP contribution in [0, 0.1) is 13.8 Å². The molecule has 0 unspecified atom stereocenters. The number of rotatable bonds is 27. The number of benzene rings is 12. The SMILES string of the molecule is CC(C)c1cc(C(C)C)c(-c2ccc3c(c2)c2cc(-c4c(C(C)C)cc(C(C)C)cc4C(C)C)ccc2n3-c2scc(-c3ccccc3[OH+]CCCC[OH+]c3ccccc3-c3csc(-n4c5ccc(-c6c(C(C)C)cc(C(C)C)cc6C(C)C)cc5c5cc(-c6c(C(C)C)cc(C(C)C)cc6C(C)C)ccc54)c3O)c2O)c(C(C)C)c1.[CH2-]c1ccccc1.[CH2-]c1ccccc1.[Zr]. The molecule has 0 bridgehead atoms. The van der Waals surface area contributed by atoms with E-state index in [4.69, 9.17) is 9.47 Å². The first-order valence-electron chi connectivity index (χ1n) is 47.9. The van der Waals surface area contributed by atoms with Gasteiger partial charge in [0.1, 0.15) is 10.0 Å². The van der Waals surface area contributed by atoms with Gasteiger partial charge in [0.25, 0.3) is 11.5 Å². The summed E-state index contributed by atoms with van der Waals surface area (Å²) in [7, 11) is 0. The zero-order valence-electron chi connectivity index (χ0n) is 82.3. The molecule has 16 aromatic rings. The standard InChI is InChI=1S/C108H124N2O4S2.2C7H7.Zr/c1-59(2)75-49-81(63(9)10)101(82(50-75)64(11)12)71-35-39-95-89(45-71)90-46-72(102-83(65(13)14)51-76(60(3)4)52-84(102)66(15)16)36-40-96(90)109(95)107-105(111)93(57-115-107)79-31-25-27-33-99(79)113-43-29-30-44-114-100-34-28-26-32-80(100)94-58-116-108(106(94)112)110-97-41-37-73(103-85(67(17)18)53-77(61(5)6)54-86(103)68(19)20)47-91(97)92-48-74(38-42-98(92)110)104-87(69(21)22)55-78(62(7)8)56-88(104)70(23)24;2*1-7-5-3-2-4-6-7;/h25-28,31-42,45-70,111-112H,29-30,43-44H2,1-24H3;2*2-6H,1H2;/q;2*-1;/p+2. The summed E-state index contributed by atoms with van der Waals surface area (Å²) in [6.45, 7) is 64.5. The molecule has 0 fully saturated rings. The number of thiophene rings is 2. The van der Waals surface area contributed by atoms with Crippen LogP contribution >= 0.6 is 22.7 Å². The van der Waals surface area contributed by atoms with Gasteiger partial charge in [-0.25, -0.2) is 0 Å². The summed E-state index contributed by atoms with van der Waals surface area (Å²) in [5.41, 5.74) is 36.6. The predicted molar refractivity (Wildman–Crippen MR) is 566 cm³/mol. The van der Waals surface area contributed by atoms with E-state index in [0.29, 0.717) is 84.2 Å². The molecule has 0 saturated carbocycles. The molecule has 9 heteroatoms. The molecule has 12 aromatic carbocycles. The fraction of sp³-hybridized carbons (Fsp3) is 0.328. The molecule has 0 saturated heterocycles. The third-order valence-electron chi connectivity index (χ3n) is 26.3. The molecule has 4 aromatic heterocycles. The van der Waals surface area contributed by atoms with Crippen molar-refractivity contribution in [3.8, 4) is 99.8 Å². The fourth-order valence-electron chi connectivity index (χ4n) is 18.9. The number of para-hydroxylation sites is 2. The van der Waals surface area contributed by atoms with Crippen molar-refractivity contribution in [2.45, 2.75) is 250 Å². The first-order valence-corrected chi connectivity index (χ1v) is 49.7. The van der Waals surface area contributed by atoms with Crippen LogP contribution in [0.4, 0.5) is 0 Å². The average Bonchev–Trinajstić information content (AvgIpc) is 1.58. The molecule has 0 aliphatic carbocycles. The van der Waals surface area contributed by atoms with Gasteiger partial charge in [-0.05, 0) is 243 Å². The van der Waals surface area contributed by atoms with Gasteiger partial charge in [-0.1, -0.05) is 275 Å². The van der Waals surface area contributed by atoms with E-state index in [-0.39, 0.29) is 37.7 Å². The van der Waals surface area contributed by atoms with Crippen LogP contribution in [0.5, 0.6) is 23.0 Å². The van der Waals surface area contributed by atoms with E-state index in [1.54, 1.807) is 22.7 Å². The maximum atomic E-state index is 12.9. The molecule has 4 N–H and O–H groups in total. The van der Waals surface area contributed by atoms with Crippen molar-refractivity contribution in [3.05, 3.63) is 333 Å². The summed E-state index contributed by atoms with van der Waals surface area (Å²) in [5, 5.41) is 36.3. The topological polar surface area (TPSA) is 75.9 Å². The van der Waals surface area contributed by atoms with Crippen molar-refractivity contribution in [1.29, 1.82) is 0 Å². The van der Waals surface area contributed by atoms with E-state index in [1.165, 1.54) is 133 Å². The van der Waals surface area contributed by atoms with Gasteiger partial charge >= 0.3 is 0 Å². The molecule has 0 aliphatic heterocycles. The number of nitrogens with zero attached hydrogens (tertiary/aromatic N) is 2. The Bertz CT molecular complexity index is 5910. The maximum Gasteiger partial charge on any atom is 0.262 e. The minimum atomic E-state index is 0. The first kappa shape index (κ1) is 98.0. The Morgan fingerprint density at radius 3 is 0.695 bits per heavy atom. The third-order valence-corrected chi connectivity index (χ3v) is 28.2. The number of hydrogen-bond acceptors (Lipinski definition) is 4. The second-order valence-corrected chi connectivity index (χ2v) is 41.6. The second kappa shape index (κ2) is 42.1. The number of ether oxygens (including phenoxy) is 2. The molecule has 0 atom stereocenters. The molecule has 6 nitrogen and oxygen atoms in total. The smallest absolute Gasteiger partial charge is 0.262 e. The molecule has 0 aliphatic rings. The van der Waals surface area contributed by atoms with Crippen molar-refractivity contribution in [2.75, 3.05) is 13.2 Å². The summed E-state index contributed by atoms with van der Waals surface area (Å²) in [5.74, 6) is 6.48. The molecule has 16 rings (SSSR count). The molecule has 0 radical (unpaired) electrons. The minimum absolute atomic E-state index is 0. The van der Waals surface area contributed by atoms with Crippen molar-refractivity contribution in [3.63, 3.8) is 0 Å². The molecular weight excluding hydrogens is 1710 g/mol. The zero-order chi connectivity index (χ0) is 93.1. The Balaban J connectivity index is 0.000000890. The van der Waals surface area contributed by atoms with Crippen molar-refractivity contribution in [2.24, 2.45) is 0 Å². The van der Waals surface area contributed by atoms with Crippen LogP contribution in [0.25, 0.3) is 120 Å². The van der Waals surface area contributed by atoms with Gasteiger partial charge in [-0.3, -0.25) is 9.13 Å². The van der Waals surface area contributed by atoms with Gasteiger partial charge in [0.05, 0.1) is 33.2 Å². The summed E-state index contributed by atoms with van der Waals surface area (Å²) in [6.07, 6.45) is 1.63. The van der Waals surface area contributed by atoms with Crippen LogP contribution in [0.15, 0.2) is 241 Å². The van der Waals surface area contributed by atoms with Crippen LogP contribution in [-0.2, 0) is 26.2 Å². The van der Waals surface area contributed by atoms with E-state index in [1.807, 2.05) is 72.8 Å². The number of unbranched alkanes of at least 4 members (excludes halogenated alkanes) is 1. The van der Waals surface area contributed by atoms with Crippen LogP contribution in [0.3, 0.4) is 0 Å². The van der Waals surface area contributed by atoms with Gasteiger partial charge in [0.15, 0.2) is 24.7 Å².